The molecule has 6 heteroatoms. The van der Waals surface area contributed by atoms with Crippen LogP contribution in [0.25, 0.3) is 0 Å². The Hall–Kier alpha value is -1.69. The highest BCUT2D eigenvalue weighted by molar-refractivity contribution is 8.00. The molecule has 1 saturated heterocycles. The second kappa shape index (κ2) is 4.77. The van der Waals surface area contributed by atoms with Crippen LogP contribution >= 0.6 is 11.8 Å². The van der Waals surface area contributed by atoms with Crippen molar-refractivity contribution >= 4 is 23.6 Å². The summed E-state index contributed by atoms with van der Waals surface area (Å²) in [5.41, 5.74) is 3.33. The number of benzene rings is 1. The van der Waals surface area contributed by atoms with Crippen LogP contribution in [0.4, 0.5) is 0 Å². The van der Waals surface area contributed by atoms with Crippen molar-refractivity contribution < 1.29 is 14.7 Å². The largest absolute Gasteiger partial charge is 0.508 e. The summed E-state index contributed by atoms with van der Waals surface area (Å²) in [7, 11) is 0. The summed E-state index contributed by atoms with van der Waals surface area (Å²) in [6, 6.07) is 6.88. The summed E-state index contributed by atoms with van der Waals surface area (Å²) in [4.78, 5) is 23.6. The minimum Gasteiger partial charge on any atom is -0.508 e. The van der Waals surface area contributed by atoms with Crippen molar-refractivity contribution in [2.24, 2.45) is 5.92 Å². The first-order valence-electron chi connectivity index (χ1n) is 6.19. The summed E-state index contributed by atoms with van der Waals surface area (Å²) < 4.78 is 0. The zero-order valence-corrected chi connectivity index (χ0v) is 11.0. The molecule has 2 aliphatic rings. The van der Waals surface area contributed by atoms with Gasteiger partial charge in [0.15, 0.2) is 0 Å². The van der Waals surface area contributed by atoms with Crippen molar-refractivity contribution in [2.75, 3.05) is 5.75 Å². The number of hydrogen-bond acceptors (Lipinski definition) is 4. The van der Waals surface area contributed by atoms with Crippen molar-refractivity contribution in [3.05, 3.63) is 29.8 Å². The second-order valence-electron chi connectivity index (χ2n) is 4.74. The van der Waals surface area contributed by atoms with Crippen LogP contribution in [0.1, 0.15) is 23.8 Å². The average Bonchev–Trinajstić information content (AvgIpc) is 3.18. The Morgan fingerprint density at radius 3 is 2.79 bits per heavy atom. The maximum atomic E-state index is 11.9. The van der Waals surface area contributed by atoms with Gasteiger partial charge < -0.3 is 5.11 Å². The number of carbonyl (C=O) groups excluding carboxylic acids is 2. The number of phenolic OH excluding ortho intramolecular Hbond substituents is 1. The molecule has 0 aromatic heterocycles. The van der Waals surface area contributed by atoms with Gasteiger partial charge in [0, 0.05) is 11.5 Å². The number of aromatic hydroxyl groups is 1. The smallest absolute Gasteiger partial charge is 0.252 e. The van der Waals surface area contributed by atoms with E-state index in [2.05, 4.69) is 5.43 Å². The molecule has 1 unspecified atom stereocenters. The SMILES string of the molecule is O=C(NN1C(=O)CSC1c1ccccc1O)C1CC1. The summed E-state index contributed by atoms with van der Waals surface area (Å²) >= 11 is 1.40. The van der Waals surface area contributed by atoms with E-state index in [1.54, 1.807) is 24.3 Å². The zero-order valence-electron chi connectivity index (χ0n) is 10.2. The van der Waals surface area contributed by atoms with Gasteiger partial charge >= 0.3 is 0 Å². The van der Waals surface area contributed by atoms with Crippen LogP contribution in [0.5, 0.6) is 5.75 Å². The number of nitrogens with one attached hydrogen (secondary N) is 1. The number of nitrogens with zero attached hydrogens (tertiary/aromatic N) is 1. The Kier molecular flexibility index (Phi) is 3.10. The molecule has 1 saturated carbocycles. The van der Waals surface area contributed by atoms with Crippen LogP contribution in [-0.2, 0) is 9.59 Å². The molecular weight excluding hydrogens is 264 g/mol. The van der Waals surface area contributed by atoms with Crippen LogP contribution in [0, 0.1) is 5.92 Å². The van der Waals surface area contributed by atoms with Crippen molar-refractivity contribution in [3.8, 4) is 5.75 Å². The molecule has 1 aromatic carbocycles. The van der Waals surface area contributed by atoms with Crippen molar-refractivity contribution in [2.45, 2.75) is 18.2 Å². The van der Waals surface area contributed by atoms with Gasteiger partial charge in [-0.3, -0.25) is 15.0 Å². The second-order valence-corrected chi connectivity index (χ2v) is 5.80. The van der Waals surface area contributed by atoms with E-state index >= 15 is 0 Å². The van der Waals surface area contributed by atoms with Gasteiger partial charge in [0.1, 0.15) is 11.1 Å². The lowest BCUT2D eigenvalue weighted by Gasteiger charge is -2.25. The first kappa shape index (κ1) is 12.3. The van der Waals surface area contributed by atoms with Crippen molar-refractivity contribution in [3.63, 3.8) is 0 Å². The standard InChI is InChI=1S/C13H14N2O3S/c16-10-4-2-1-3-9(10)13-15(11(17)7-19-13)14-12(18)8-5-6-8/h1-4,8,13,16H,5-7H2,(H,14,18). The number of para-hydroxylation sites is 1. The van der Waals surface area contributed by atoms with E-state index in [4.69, 9.17) is 0 Å². The minimum absolute atomic E-state index is 0.0448. The van der Waals surface area contributed by atoms with E-state index in [-0.39, 0.29) is 28.9 Å². The van der Waals surface area contributed by atoms with Crippen LogP contribution in [0.2, 0.25) is 0 Å². The number of phenols is 1. The molecule has 0 spiro atoms. The number of rotatable bonds is 3. The summed E-state index contributed by atoms with van der Waals surface area (Å²) in [5, 5.41) is 10.9. The van der Waals surface area contributed by atoms with Gasteiger partial charge in [-0.05, 0) is 18.9 Å². The Morgan fingerprint density at radius 1 is 1.37 bits per heavy atom. The predicted octanol–water partition coefficient (Wildman–Crippen LogP) is 1.41. The van der Waals surface area contributed by atoms with E-state index in [1.165, 1.54) is 16.8 Å². The van der Waals surface area contributed by atoms with Gasteiger partial charge in [-0.25, -0.2) is 5.01 Å². The lowest BCUT2D eigenvalue weighted by atomic mass is 10.2. The Morgan fingerprint density at radius 2 is 2.11 bits per heavy atom. The number of hydrogen-bond donors (Lipinski definition) is 2. The summed E-state index contributed by atoms with van der Waals surface area (Å²) in [6.45, 7) is 0. The molecule has 19 heavy (non-hydrogen) atoms. The fraction of sp³-hybridized carbons (Fsp3) is 0.385. The van der Waals surface area contributed by atoms with E-state index < -0.39 is 0 Å². The molecule has 100 valence electrons. The van der Waals surface area contributed by atoms with E-state index in [0.29, 0.717) is 11.3 Å². The molecule has 2 N–H and O–H groups in total. The van der Waals surface area contributed by atoms with Crippen LogP contribution in [-0.4, -0.2) is 27.7 Å². The normalized spacial score (nSPS) is 22.6. The lowest BCUT2D eigenvalue weighted by molar-refractivity contribution is -0.140. The third kappa shape index (κ3) is 2.40. The molecule has 3 rings (SSSR count). The fourth-order valence-electron chi connectivity index (χ4n) is 2.03. The molecule has 2 amide bonds. The maximum Gasteiger partial charge on any atom is 0.252 e. The van der Waals surface area contributed by atoms with Crippen LogP contribution in [0.3, 0.4) is 0 Å². The topological polar surface area (TPSA) is 69.6 Å². The molecule has 5 nitrogen and oxygen atoms in total. The average molecular weight is 278 g/mol. The molecule has 0 bridgehead atoms. The Balaban J connectivity index is 1.81. The highest BCUT2D eigenvalue weighted by Crippen LogP contribution is 2.41. The lowest BCUT2D eigenvalue weighted by Crippen LogP contribution is -2.45. The predicted molar refractivity (Wildman–Crippen MR) is 71.0 cm³/mol. The molecule has 0 radical (unpaired) electrons. The third-order valence-corrected chi connectivity index (χ3v) is 4.44. The molecule has 1 heterocycles. The van der Waals surface area contributed by atoms with Gasteiger partial charge in [-0.1, -0.05) is 18.2 Å². The van der Waals surface area contributed by atoms with Gasteiger partial charge in [0.05, 0.1) is 5.75 Å². The van der Waals surface area contributed by atoms with Gasteiger partial charge in [0.25, 0.3) is 5.91 Å². The maximum absolute atomic E-state index is 11.9. The van der Waals surface area contributed by atoms with Gasteiger partial charge in [0.2, 0.25) is 5.91 Å². The monoisotopic (exact) mass is 278 g/mol. The number of thioether (sulfide) groups is 1. The molecule has 1 aliphatic heterocycles. The number of amides is 2. The quantitative estimate of drug-likeness (QED) is 0.877. The molecule has 1 atom stereocenters. The van der Waals surface area contributed by atoms with Gasteiger partial charge in [-0.2, -0.15) is 0 Å². The molecule has 1 aliphatic carbocycles. The molecule has 2 fully saturated rings. The number of hydrazine groups is 1. The van der Waals surface area contributed by atoms with Crippen LogP contribution in [0.15, 0.2) is 24.3 Å². The minimum atomic E-state index is -0.351. The summed E-state index contributed by atoms with van der Waals surface area (Å²) in [5.74, 6) is 0.261. The van der Waals surface area contributed by atoms with E-state index in [9.17, 15) is 14.7 Å². The van der Waals surface area contributed by atoms with Crippen LogP contribution < -0.4 is 5.43 Å². The van der Waals surface area contributed by atoms with E-state index in [1.807, 2.05) is 0 Å². The highest BCUT2D eigenvalue weighted by Gasteiger charge is 2.38. The highest BCUT2D eigenvalue weighted by atomic mass is 32.2. The number of carbonyl (C=O) groups is 2. The third-order valence-electron chi connectivity index (χ3n) is 3.25. The molecular formula is C13H14N2O3S. The zero-order chi connectivity index (χ0) is 13.4. The van der Waals surface area contributed by atoms with Crippen molar-refractivity contribution in [1.29, 1.82) is 0 Å². The first-order valence-corrected chi connectivity index (χ1v) is 7.24. The first-order chi connectivity index (χ1) is 9.16. The molecule has 1 aromatic rings. The Bertz CT molecular complexity index is 530. The van der Waals surface area contributed by atoms with Gasteiger partial charge in [-0.15, -0.1) is 11.8 Å². The Labute approximate surface area is 114 Å². The van der Waals surface area contributed by atoms with E-state index in [0.717, 1.165) is 12.8 Å². The fourth-order valence-corrected chi connectivity index (χ4v) is 3.16. The van der Waals surface area contributed by atoms with Crippen molar-refractivity contribution in [1.82, 2.24) is 10.4 Å². The summed E-state index contributed by atoms with van der Waals surface area (Å²) in [6.07, 6.45) is 1.78.